The maximum absolute atomic E-state index is 10.6. The Morgan fingerprint density at radius 2 is 1.92 bits per heavy atom. The van der Waals surface area contributed by atoms with E-state index in [1.165, 1.54) is 0 Å². The number of hydrogen-bond donors (Lipinski definition) is 3. The molecule has 2 aromatic rings. The van der Waals surface area contributed by atoms with Crippen molar-refractivity contribution in [2.24, 2.45) is 0 Å². The van der Waals surface area contributed by atoms with Crippen LogP contribution >= 0.6 is 0 Å². The van der Waals surface area contributed by atoms with Crippen LogP contribution in [0, 0.1) is 0 Å². The number of anilines is 1. The average Bonchev–Trinajstić information content (AvgIpc) is 3.06. The van der Waals surface area contributed by atoms with Gasteiger partial charge in [-0.15, -0.1) is 0 Å². The van der Waals surface area contributed by atoms with Crippen molar-refractivity contribution in [3.05, 3.63) is 30.9 Å². The van der Waals surface area contributed by atoms with Crippen LogP contribution in [0.3, 0.4) is 0 Å². The topological polar surface area (TPSA) is 130 Å². The Labute approximate surface area is 139 Å². The molecule has 0 aromatic carbocycles. The van der Waals surface area contributed by atoms with E-state index < -0.39 is 18.1 Å². The Morgan fingerprint density at radius 1 is 1.24 bits per heavy atom. The van der Waals surface area contributed by atoms with E-state index in [2.05, 4.69) is 20.4 Å². The third-order valence-corrected chi connectivity index (χ3v) is 2.48. The van der Waals surface area contributed by atoms with Gasteiger partial charge in [-0.1, -0.05) is 0 Å². The standard InChI is InChI=1S/C11H13N5O2.C2HF3O2/c17-11(18)3-1-4-13-9-7-12-8-10(15-9)16-6-2-5-14-16;3-2(4,5)1(6)7/h2,5-8H,1,3-4H2,(H,13,15)(H,17,18);(H,6,7). The van der Waals surface area contributed by atoms with Crippen LogP contribution in [0.1, 0.15) is 12.8 Å². The first-order chi connectivity index (χ1) is 11.7. The highest BCUT2D eigenvalue weighted by atomic mass is 19.4. The fourth-order valence-electron chi connectivity index (χ4n) is 1.41. The van der Waals surface area contributed by atoms with Gasteiger partial charge in [-0.05, 0) is 12.5 Å². The molecule has 0 unspecified atom stereocenters. The maximum atomic E-state index is 10.6. The molecule has 0 radical (unpaired) electrons. The zero-order chi connectivity index (χ0) is 18.9. The SMILES string of the molecule is O=C(O)C(F)(F)F.O=C(O)CCCNc1cncc(-n2cccn2)n1. The fourth-order valence-corrected chi connectivity index (χ4v) is 1.41. The highest BCUT2D eigenvalue weighted by Crippen LogP contribution is 2.13. The van der Waals surface area contributed by atoms with E-state index in [4.69, 9.17) is 15.0 Å². The molecule has 3 N–H and O–H groups in total. The summed E-state index contributed by atoms with van der Waals surface area (Å²) in [6, 6.07) is 1.80. The first-order valence-electron chi connectivity index (χ1n) is 6.78. The molecule has 12 heteroatoms. The predicted octanol–water partition coefficient (Wildman–Crippen LogP) is 1.57. The molecule has 0 aliphatic heterocycles. The number of rotatable bonds is 6. The van der Waals surface area contributed by atoms with Gasteiger partial charge in [0.1, 0.15) is 5.82 Å². The van der Waals surface area contributed by atoms with E-state index in [1.807, 2.05) is 0 Å². The van der Waals surface area contributed by atoms with E-state index in [1.54, 1.807) is 35.5 Å². The number of alkyl halides is 3. The van der Waals surface area contributed by atoms with Gasteiger partial charge < -0.3 is 15.5 Å². The Kier molecular flexibility index (Phi) is 7.31. The molecule has 0 amide bonds. The lowest BCUT2D eigenvalue weighted by Gasteiger charge is -2.05. The Balaban J connectivity index is 0.000000381. The van der Waals surface area contributed by atoms with Crippen LogP contribution in [0.5, 0.6) is 0 Å². The van der Waals surface area contributed by atoms with Gasteiger partial charge in [0, 0.05) is 25.4 Å². The third-order valence-electron chi connectivity index (χ3n) is 2.48. The number of halogens is 3. The minimum atomic E-state index is -5.08. The molecule has 25 heavy (non-hydrogen) atoms. The molecule has 0 fully saturated rings. The predicted molar refractivity (Wildman–Crippen MR) is 78.2 cm³/mol. The number of carboxylic acid groups (broad SMARTS) is 2. The van der Waals surface area contributed by atoms with Crippen LogP contribution in [-0.2, 0) is 9.59 Å². The van der Waals surface area contributed by atoms with Crippen LogP contribution < -0.4 is 5.32 Å². The molecule has 0 saturated carbocycles. The second-order valence-corrected chi connectivity index (χ2v) is 4.44. The summed E-state index contributed by atoms with van der Waals surface area (Å²) in [6.45, 7) is 0.545. The number of carboxylic acids is 2. The van der Waals surface area contributed by atoms with Crippen LogP contribution in [0.2, 0.25) is 0 Å². The van der Waals surface area contributed by atoms with Gasteiger partial charge in [0.15, 0.2) is 5.82 Å². The Bertz CT molecular complexity index is 691. The van der Waals surface area contributed by atoms with Gasteiger partial charge in [0.05, 0.1) is 12.4 Å². The van der Waals surface area contributed by atoms with Gasteiger partial charge in [-0.2, -0.15) is 18.3 Å². The van der Waals surface area contributed by atoms with Crippen molar-refractivity contribution in [1.29, 1.82) is 0 Å². The van der Waals surface area contributed by atoms with Crippen LogP contribution in [0.15, 0.2) is 30.9 Å². The lowest BCUT2D eigenvalue weighted by molar-refractivity contribution is -0.192. The van der Waals surface area contributed by atoms with Crippen molar-refractivity contribution in [3.8, 4) is 5.82 Å². The smallest absolute Gasteiger partial charge is 0.481 e. The first-order valence-corrected chi connectivity index (χ1v) is 6.78. The summed E-state index contributed by atoms with van der Waals surface area (Å²) in [4.78, 5) is 27.6. The molecule has 0 bridgehead atoms. The van der Waals surface area contributed by atoms with Gasteiger partial charge >= 0.3 is 18.1 Å². The molecule has 0 aliphatic rings. The lowest BCUT2D eigenvalue weighted by atomic mass is 10.3. The molecule has 0 aliphatic carbocycles. The van der Waals surface area contributed by atoms with Crippen LogP contribution in [0.4, 0.5) is 19.0 Å². The zero-order valence-corrected chi connectivity index (χ0v) is 12.6. The number of aromatic nitrogens is 4. The normalized spacial score (nSPS) is 10.5. The minimum Gasteiger partial charge on any atom is -0.481 e. The molecule has 136 valence electrons. The fraction of sp³-hybridized carbons (Fsp3) is 0.308. The number of nitrogens with one attached hydrogen (secondary N) is 1. The molecular formula is C13H14F3N5O4. The molecule has 0 spiro atoms. The summed E-state index contributed by atoms with van der Waals surface area (Å²) in [5.41, 5.74) is 0. The quantitative estimate of drug-likeness (QED) is 0.661. The highest BCUT2D eigenvalue weighted by molar-refractivity contribution is 5.73. The molecule has 9 nitrogen and oxygen atoms in total. The molecule has 0 saturated heterocycles. The highest BCUT2D eigenvalue weighted by Gasteiger charge is 2.38. The minimum absolute atomic E-state index is 0.138. The average molecular weight is 361 g/mol. The third kappa shape index (κ3) is 7.76. The Hall–Kier alpha value is -3.18. The van der Waals surface area contributed by atoms with Gasteiger partial charge in [0.25, 0.3) is 0 Å². The van der Waals surface area contributed by atoms with Crippen molar-refractivity contribution in [1.82, 2.24) is 19.7 Å². The number of carbonyl (C=O) groups is 2. The molecule has 2 rings (SSSR count). The van der Waals surface area contributed by atoms with Crippen LogP contribution in [-0.4, -0.2) is 54.6 Å². The summed E-state index contributed by atoms with van der Waals surface area (Å²) in [6.07, 6.45) is 2.23. The summed E-state index contributed by atoms with van der Waals surface area (Å²) in [5, 5.41) is 22.7. The van der Waals surface area contributed by atoms with Crippen molar-refractivity contribution < 1.29 is 33.0 Å². The maximum Gasteiger partial charge on any atom is 0.490 e. The lowest BCUT2D eigenvalue weighted by Crippen LogP contribution is -2.21. The second kappa shape index (κ2) is 9.20. The van der Waals surface area contributed by atoms with Crippen molar-refractivity contribution >= 4 is 17.8 Å². The summed E-state index contributed by atoms with van der Waals surface area (Å²) in [7, 11) is 0. The summed E-state index contributed by atoms with van der Waals surface area (Å²) < 4.78 is 33.3. The van der Waals surface area contributed by atoms with Gasteiger partial charge in [-0.25, -0.2) is 14.5 Å². The van der Waals surface area contributed by atoms with Gasteiger partial charge in [-0.3, -0.25) is 9.78 Å². The van der Waals surface area contributed by atoms with Crippen molar-refractivity contribution in [2.45, 2.75) is 19.0 Å². The van der Waals surface area contributed by atoms with Gasteiger partial charge in [0.2, 0.25) is 0 Å². The summed E-state index contributed by atoms with van der Waals surface area (Å²) >= 11 is 0. The first kappa shape index (κ1) is 19.9. The monoisotopic (exact) mass is 361 g/mol. The molecule has 0 atom stereocenters. The molecule has 2 heterocycles. The van der Waals surface area contributed by atoms with E-state index in [9.17, 15) is 18.0 Å². The van der Waals surface area contributed by atoms with Crippen molar-refractivity contribution in [3.63, 3.8) is 0 Å². The van der Waals surface area contributed by atoms with E-state index in [0.717, 1.165) is 0 Å². The van der Waals surface area contributed by atoms with Crippen molar-refractivity contribution in [2.75, 3.05) is 11.9 Å². The largest absolute Gasteiger partial charge is 0.490 e. The van der Waals surface area contributed by atoms with Crippen LogP contribution in [0.25, 0.3) is 5.82 Å². The number of hydrogen-bond acceptors (Lipinski definition) is 6. The van der Waals surface area contributed by atoms with E-state index in [0.29, 0.717) is 24.6 Å². The second-order valence-electron chi connectivity index (χ2n) is 4.44. The number of nitrogens with zero attached hydrogens (tertiary/aromatic N) is 4. The number of aliphatic carboxylic acids is 2. The zero-order valence-electron chi connectivity index (χ0n) is 12.6. The summed E-state index contributed by atoms with van der Waals surface area (Å²) in [5.74, 6) is -2.34. The van der Waals surface area contributed by atoms with E-state index >= 15 is 0 Å². The Morgan fingerprint density at radius 3 is 2.44 bits per heavy atom. The van der Waals surface area contributed by atoms with E-state index in [-0.39, 0.29) is 6.42 Å². The molecule has 2 aromatic heterocycles. The molecular weight excluding hydrogens is 347 g/mol.